The molecule has 3 amide bonds. The first kappa shape index (κ1) is 19.7. The van der Waals surface area contributed by atoms with Gasteiger partial charge in [0.2, 0.25) is 0 Å². The van der Waals surface area contributed by atoms with E-state index >= 15 is 0 Å². The van der Waals surface area contributed by atoms with Crippen molar-refractivity contribution in [3.05, 3.63) is 60.4 Å². The highest BCUT2D eigenvalue weighted by Crippen LogP contribution is 2.28. The maximum atomic E-state index is 12.4. The molecule has 2 aromatic carbocycles. The Morgan fingerprint density at radius 1 is 1.03 bits per heavy atom. The van der Waals surface area contributed by atoms with Gasteiger partial charge in [-0.2, -0.15) is 5.10 Å². The third-order valence-corrected chi connectivity index (χ3v) is 3.74. The Balaban J connectivity index is 1.89. The first-order chi connectivity index (χ1) is 13.6. The van der Waals surface area contributed by atoms with Crippen LogP contribution < -0.4 is 21.5 Å². The van der Waals surface area contributed by atoms with Gasteiger partial charge in [0.15, 0.2) is 5.69 Å². The topological polar surface area (TPSA) is 125 Å². The molecule has 0 spiro atoms. The van der Waals surface area contributed by atoms with Crippen LogP contribution in [0, 0.1) is 0 Å². The van der Waals surface area contributed by atoms with E-state index in [1.165, 1.54) is 29.1 Å². The van der Waals surface area contributed by atoms with Crippen LogP contribution in [-0.4, -0.2) is 28.1 Å². The summed E-state index contributed by atoms with van der Waals surface area (Å²) in [7, 11) is 0. The summed E-state index contributed by atoms with van der Waals surface area (Å²) in [5, 5.41) is 6.27. The van der Waals surface area contributed by atoms with Gasteiger partial charge < -0.3 is 21.5 Å². The van der Waals surface area contributed by atoms with E-state index < -0.39 is 18.3 Å². The molecule has 0 atom stereocenters. The SMILES string of the molecule is NC(=O)Nc1cn(-c2ccc(-c3cccc(OC(F)(F)F)c3)cc2)nc1C(N)=O. The maximum Gasteiger partial charge on any atom is 0.573 e. The fourth-order valence-electron chi connectivity index (χ4n) is 2.59. The second-order valence-corrected chi connectivity index (χ2v) is 5.81. The summed E-state index contributed by atoms with van der Waals surface area (Å²) in [6, 6.07) is 11.2. The largest absolute Gasteiger partial charge is 0.573 e. The molecule has 0 saturated heterocycles. The predicted octanol–water partition coefficient (Wildman–Crippen LogP) is 3.03. The van der Waals surface area contributed by atoms with Crippen LogP contribution in [0.1, 0.15) is 10.5 Å². The van der Waals surface area contributed by atoms with Crippen molar-refractivity contribution in [3.8, 4) is 22.6 Å². The third kappa shape index (κ3) is 4.83. The van der Waals surface area contributed by atoms with Gasteiger partial charge in [0.25, 0.3) is 5.91 Å². The zero-order chi connectivity index (χ0) is 21.2. The van der Waals surface area contributed by atoms with Crippen LogP contribution in [0.15, 0.2) is 54.7 Å². The average molecular weight is 405 g/mol. The molecule has 3 aromatic rings. The Bertz CT molecular complexity index is 1060. The Morgan fingerprint density at radius 2 is 1.72 bits per heavy atom. The van der Waals surface area contributed by atoms with Crippen molar-refractivity contribution in [1.29, 1.82) is 0 Å². The average Bonchev–Trinajstić information content (AvgIpc) is 3.04. The smallest absolute Gasteiger partial charge is 0.406 e. The Kier molecular flexibility index (Phi) is 5.13. The quantitative estimate of drug-likeness (QED) is 0.603. The molecule has 1 heterocycles. The molecule has 0 fully saturated rings. The Morgan fingerprint density at radius 3 is 2.31 bits per heavy atom. The number of hydrogen-bond donors (Lipinski definition) is 3. The van der Waals surface area contributed by atoms with Gasteiger partial charge in [-0.25, -0.2) is 9.48 Å². The predicted molar refractivity (Wildman–Crippen MR) is 97.4 cm³/mol. The summed E-state index contributed by atoms with van der Waals surface area (Å²) in [6.45, 7) is 0. The van der Waals surface area contributed by atoms with E-state index in [9.17, 15) is 22.8 Å². The number of anilines is 1. The second-order valence-electron chi connectivity index (χ2n) is 5.81. The van der Waals surface area contributed by atoms with Gasteiger partial charge in [-0.15, -0.1) is 13.2 Å². The van der Waals surface area contributed by atoms with Crippen molar-refractivity contribution in [1.82, 2.24) is 9.78 Å². The summed E-state index contributed by atoms with van der Waals surface area (Å²) >= 11 is 0. The van der Waals surface area contributed by atoms with Crippen molar-refractivity contribution in [2.75, 3.05) is 5.32 Å². The van der Waals surface area contributed by atoms with Crippen molar-refractivity contribution in [2.24, 2.45) is 11.5 Å². The number of amides is 3. The molecule has 29 heavy (non-hydrogen) atoms. The molecule has 150 valence electrons. The fourth-order valence-corrected chi connectivity index (χ4v) is 2.59. The number of primary amides is 2. The monoisotopic (exact) mass is 405 g/mol. The van der Waals surface area contributed by atoms with Gasteiger partial charge in [0.1, 0.15) is 5.75 Å². The van der Waals surface area contributed by atoms with Crippen molar-refractivity contribution < 1.29 is 27.5 Å². The number of urea groups is 1. The summed E-state index contributed by atoms with van der Waals surface area (Å²) in [4.78, 5) is 22.5. The van der Waals surface area contributed by atoms with Gasteiger partial charge in [0.05, 0.1) is 17.6 Å². The van der Waals surface area contributed by atoms with E-state index in [0.29, 0.717) is 16.8 Å². The Hall–Kier alpha value is -4.02. The number of nitrogens with zero attached hydrogens (tertiary/aromatic N) is 2. The summed E-state index contributed by atoms with van der Waals surface area (Å²) < 4.78 is 42.4. The third-order valence-electron chi connectivity index (χ3n) is 3.74. The van der Waals surface area contributed by atoms with Crippen LogP contribution in [0.5, 0.6) is 5.75 Å². The van der Waals surface area contributed by atoms with Gasteiger partial charge in [-0.05, 0) is 35.4 Å². The molecule has 5 N–H and O–H groups in total. The lowest BCUT2D eigenvalue weighted by Gasteiger charge is -2.10. The van der Waals surface area contributed by atoms with Crippen LogP contribution in [0.4, 0.5) is 23.7 Å². The van der Waals surface area contributed by atoms with E-state index in [0.717, 1.165) is 0 Å². The number of alkyl halides is 3. The lowest BCUT2D eigenvalue weighted by molar-refractivity contribution is -0.274. The minimum Gasteiger partial charge on any atom is -0.406 e. The summed E-state index contributed by atoms with van der Waals surface area (Å²) in [5.74, 6) is -1.19. The number of carbonyl (C=O) groups is 2. The first-order valence-electron chi connectivity index (χ1n) is 8.05. The number of benzene rings is 2. The molecule has 1 aromatic heterocycles. The number of hydrogen-bond acceptors (Lipinski definition) is 4. The molecule has 3 rings (SSSR count). The molecule has 11 heteroatoms. The first-order valence-corrected chi connectivity index (χ1v) is 8.05. The van der Waals surface area contributed by atoms with Crippen molar-refractivity contribution in [3.63, 3.8) is 0 Å². The standard InChI is InChI=1S/C18H14F3N5O3/c19-18(20,21)29-13-3-1-2-11(8-13)10-4-6-12(7-5-10)26-9-14(24-17(23)28)15(25-26)16(22)27/h1-9H,(H2,22,27)(H3,23,24,28). The van der Waals surface area contributed by atoms with Crippen LogP contribution in [0.25, 0.3) is 16.8 Å². The van der Waals surface area contributed by atoms with Crippen LogP contribution in [-0.2, 0) is 0 Å². The lowest BCUT2D eigenvalue weighted by atomic mass is 10.1. The highest BCUT2D eigenvalue weighted by molar-refractivity contribution is 6.00. The molecule has 0 bridgehead atoms. The number of rotatable bonds is 5. The van der Waals surface area contributed by atoms with Gasteiger partial charge in [-0.1, -0.05) is 24.3 Å². The normalized spacial score (nSPS) is 11.1. The number of halogens is 3. The van der Waals surface area contributed by atoms with Gasteiger partial charge in [-0.3, -0.25) is 4.79 Å². The minimum atomic E-state index is -4.78. The molecular weight excluding hydrogens is 391 g/mol. The van der Waals surface area contributed by atoms with E-state index in [2.05, 4.69) is 15.2 Å². The van der Waals surface area contributed by atoms with Crippen LogP contribution in [0.2, 0.25) is 0 Å². The van der Waals surface area contributed by atoms with Gasteiger partial charge in [0, 0.05) is 0 Å². The number of aromatic nitrogens is 2. The van der Waals surface area contributed by atoms with E-state index in [1.807, 2.05) is 0 Å². The van der Waals surface area contributed by atoms with E-state index in [4.69, 9.17) is 11.5 Å². The number of ether oxygens (including phenoxy) is 1. The molecule has 0 radical (unpaired) electrons. The van der Waals surface area contributed by atoms with E-state index in [-0.39, 0.29) is 17.1 Å². The summed E-state index contributed by atoms with van der Waals surface area (Å²) in [5.41, 5.74) is 11.8. The maximum absolute atomic E-state index is 12.4. The van der Waals surface area contributed by atoms with E-state index in [1.54, 1.807) is 30.3 Å². The lowest BCUT2D eigenvalue weighted by Crippen LogP contribution is -2.22. The zero-order valence-corrected chi connectivity index (χ0v) is 14.6. The molecule has 0 saturated carbocycles. The Labute approximate surface area is 161 Å². The summed E-state index contributed by atoms with van der Waals surface area (Å²) in [6.07, 6.45) is -3.42. The molecule has 0 unspecified atom stereocenters. The zero-order valence-electron chi connectivity index (χ0n) is 14.6. The molecule has 0 aliphatic heterocycles. The van der Waals surface area contributed by atoms with Gasteiger partial charge >= 0.3 is 12.4 Å². The number of nitrogens with one attached hydrogen (secondary N) is 1. The minimum absolute atomic E-state index is 0.0473. The van der Waals surface area contributed by atoms with Crippen molar-refractivity contribution in [2.45, 2.75) is 6.36 Å². The fraction of sp³-hybridized carbons (Fsp3) is 0.0556. The van der Waals surface area contributed by atoms with Crippen molar-refractivity contribution >= 4 is 17.6 Å². The number of carbonyl (C=O) groups excluding carboxylic acids is 2. The molecule has 0 aliphatic rings. The molecule has 0 aliphatic carbocycles. The van der Waals surface area contributed by atoms with Crippen LogP contribution in [0.3, 0.4) is 0 Å². The highest BCUT2D eigenvalue weighted by atomic mass is 19.4. The molecule has 8 nitrogen and oxygen atoms in total. The molecular formula is C18H14F3N5O3. The second kappa shape index (κ2) is 7.54. The highest BCUT2D eigenvalue weighted by Gasteiger charge is 2.31. The van der Waals surface area contributed by atoms with Crippen LogP contribution >= 0.6 is 0 Å². The number of nitrogens with two attached hydrogens (primary N) is 2.